The molecule has 10 nitrogen and oxygen atoms in total. The molecule has 2 aliphatic rings. The highest BCUT2D eigenvalue weighted by Gasteiger charge is 2.67. The van der Waals surface area contributed by atoms with Crippen molar-refractivity contribution in [2.75, 3.05) is 34.0 Å². The largest absolute Gasteiger partial charge is 0.468 e. The van der Waals surface area contributed by atoms with Gasteiger partial charge in [0.05, 0.1) is 40.1 Å². The second kappa shape index (κ2) is 20.9. The van der Waals surface area contributed by atoms with Gasteiger partial charge in [0, 0.05) is 37.7 Å². The van der Waals surface area contributed by atoms with Crippen LogP contribution < -0.4 is 10.4 Å². The number of methoxy groups -OCH3 is 2. The number of nitrogens with zero attached hydrogens (tertiary/aromatic N) is 1. The number of amides is 1. The first-order valence-corrected chi connectivity index (χ1v) is 24.3. The maximum atomic E-state index is 14.7. The van der Waals surface area contributed by atoms with Crippen molar-refractivity contribution in [3.63, 3.8) is 0 Å². The summed E-state index contributed by atoms with van der Waals surface area (Å²) in [6.07, 6.45) is 4.16. The van der Waals surface area contributed by atoms with Gasteiger partial charge in [0.25, 0.3) is 8.32 Å². The van der Waals surface area contributed by atoms with E-state index >= 15 is 0 Å². The van der Waals surface area contributed by atoms with Gasteiger partial charge in [-0.3, -0.25) is 9.59 Å². The summed E-state index contributed by atoms with van der Waals surface area (Å²) in [5, 5.41) is 2.23. The number of hydrogen-bond donors (Lipinski definition) is 0. The molecule has 0 unspecified atom stereocenters. The van der Waals surface area contributed by atoms with E-state index in [2.05, 4.69) is 69.3 Å². The number of carbonyl (C=O) groups excluding carboxylic acids is 3. The smallest absolute Gasteiger partial charge is 0.330 e. The second-order valence-electron chi connectivity index (χ2n) is 17.7. The van der Waals surface area contributed by atoms with Gasteiger partial charge >= 0.3 is 11.9 Å². The summed E-state index contributed by atoms with van der Waals surface area (Å²) >= 11 is 0. The zero-order chi connectivity index (χ0) is 45.2. The van der Waals surface area contributed by atoms with Crippen LogP contribution in [0, 0.1) is 5.41 Å². The van der Waals surface area contributed by atoms with Crippen molar-refractivity contribution < 1.29 is 42.2 Å². The van der Waals surface area contributed by atoms with Gasteiger partial charge in [0.1, 0.15) is 23.0 Å². The molecule has 0 spiro atoms. The van der Waals surface area contributed by atoms with Crippen LogP contribution in [0.3, 0.4) is 0 Å². The van der Waals surface area contributed by atoms with E-state index < -0.39 is 37.8 Å². The molecule has 1 saturated heterocycles. The zero-order valence-corrected chi connectivity index (χ0v) is 38.8. The van der Waals surface area contributed by atoms with E-state index in [4.69, 9.17) is 27.8 Å². The average Bonchev–Trinajstić information content (AvgIpc) is 3.95. The lowest BCUT2D eigenvalue weighted by Crippen LogP contribution is -2.66. The van der Waals surface area contributed by atoms with Crippen LogP contribution in [0.4, 0.5) is 0 Å². The highest BCUT2D eigenvalue weighted by molar-refractivity contribution is 6.99. The van der Waals surface area contributed by atoms with E-state index in [1.807, 2.05) is 78.9 Å². The molecular weight excluding hydrogens is 823 g/mol. The van der Waals surface area contributed by atoms with Crippen LogP contribution in [0.25, 0.3) is 5.57 Å². The molecule has 1 aromatic heterocycles. The lowest BCUT2D eigenvalue weighted by Gasteiger charge is -2.43. The van der Waals surface area contributed by atoms with Crippen LogP contribution >= 0.6 is 0 Å². The minimum absolute atomic E-state index is 0.144. The Labute approximate surface area is 378 Å². The van der Waals surface area contributed by atoms with Crippen LogP contribution in [0.1, 0.15) is 87.1 Å². The Morgan fingerprint density at radius 2 is 1.33 bits per heavy atom. The van der Waals surface area contributed by atoms with E-state index in [-0.39, 0.29) is 30.4 Å². The first kappa shape index (κ1) is 46.4. The minimum Gasteiger partial charge on any atom is -0.468 e. The number of rotatable bonds is 20. The number of likely N-dealkylation sites (tertiary alicyclic amines) is 1. The molecule has 4 aromatic carbocycles. The molecule has 7 rings (SSSR count). The SMILES string of the molecule is COC(=O)/C=C1\c2cc(CCCO[Si](c3ccccc3)(c3ccccc3)C(C)(C)C)oc2[C@H]2N(C(=O)CCCCOCc3ccccc3)[C@H](COCc3ccccc3)C[C@]12C(=O)OC. The Morgan fingerprint density at radius 3 is 1.89 bits per heavy atom. The highest BCUT2D eigenvalue weighted by Crippen LogP contribution is 2.65. The van der Waals surface area contributed by atoms with Crippen LogP contribution in [0.15, 0.2) is 138 Å². The van der Waals surface area contributed by atoms with Gasteiger partial charge in [0.2, 0.25) is 5.91 Å². The molecule has 11 heteroatoms. The summed E-state index contributed by atoms with van der Waals surface area (Å²) in [7, 11) is -0.131. The number of fused-ring (bicyclic) bond motifs is 3. The Kier molecular flexibility index (Phi) is 15.2. The average molecular weight is 884 g/mol. The monoisotopic (exact) mass is 883 g/mol. The number of aryl methyl sites for hydroxylation is 1. The maximum absolute atomic E-state index is 14.7. The van der Waals surface area contributed by atoms with Gasteiger partial charge < -0.3 is 32.7 Å². The number of ether oxygens (including phenoxy) is 4. The van der Waals surface area contributed by atoms with Crippen LogP contribution in [-0.2, 0) is 57.4 Å². The first-order chi connectivity index (χ1) is 31.0. The lowest BCUT2D eigenvalue weighted by molar-refractivity contribution is -0.151. The Bertz CT molecular complexity index is 2300. The summed E-state index contributed by atoms with van der Waals surface area (Å²) in [6, 6.07) is 41.4. The fourth-order valence-electron chi connectivity index (χ4n) is 9.72. The fraction of sp³-hybridized carbons (Fsp3) is 0.377. The summed E-state index contributed by atoms with van der Waals surface area (Å²) in [6.45, 7) is 8.72. The van der Waals surface area contributed by atoms with Gasteiger partial charge in [0.15, 0.2) is 0 Å². The van der Waals surface area contributed by atoms with Crippen molar-refractivity contribution in [2.24, 2.45) is 5.41 Å². The minimum atomic E-state index is -2.77. The third-order valence-corrected chi connectivity index (χ3v) is 17.6. The van der Waals surface area contributed by atoms with Gasteiger partial charge in [-0.15, -0.1) is 0 Å². The molecule has 0 radical (unpaired) electrons. The number of unbranched alkanes of at least 4 members (excludes halogenated alkanes) is 1. The lowest BCUT2D eigenvalue weighted by atomic mass is 9.76. The molecule has 5 aromatic rings. The number of furan rings is 1. The van der Waals surface area contributed by atoms with E-state index in [1.54, 1.807) is 4.90 Å². The van der Waals surface area contributed by atoms with E-state index in [0.717, 1.165) is 11.1 Å². The molecule has 336 valence electrons. The molecule has 64 heavy (non-hydrogen) atoms. The summed E-state index contributed by atoms with van der Waals surface area (Å²) in [5.41, 5.74) is 1.66. The normalized spacial score (nSPS) is 18.8. The van der Waals surface area contributed by atoms with Crippen LogP contribution in [-0.4, -0.2) is 71.1 Å². The van der Waals surface area contributed by atoms with Crippen molar-refractivity contribution in [1.82, 2.24) is 4.90 Å². The van der Waals surface area contributed by atoms with Gasteiger partial charge in [-0.2, -0.15) is 0 Å². The van der Waals surface area contributed by atoms with Gasteiger partial charge in [-0.1, -0.05) is 142 Å². The zero-order valence-electron chi connectivity index (χ0n) is 37.8. The Morgan fingerprint density at radius 1 is 0.750 bits per heavy atom. The van der Waals surface area contributed by atoms with E-state index in [1.165, 1.54) is 30.7 Å². The third kappa shape index (κ3) is 9.73. The Balaban J connectivity index is 1.16. The van der Waals surface area contributed by atoms with Gasteiger partial charge in [-0.25, -0.2) is 4.79 Å². The molecular formula is C53H61NO9Si. The van der Waals surface area contributed by atoms with Crippen molar-refractivity contribution in [3.05, 3.63) is 162 Å². The van der Waals surface area contributed by atoms with Crippen LogP contribution in [0.2, 0.25) is 5.04 Å². The summed E-state index contributed by atoms with van der Waals surface area (Å²) in [4.78, 5) is 44.0. The van der Waals surface area contributed by atoms with Crippen molar-refractivity contribution >= 4 is 42.1 Å². The standard InChI is InChI=1S/C53H61NO9Si/c1-52(2,3)64(43-26-14-8-15-27-43,44-28-16-9-17-29-44)62-32-20-25-42-33-45-46(34-48(56)58-4)53(51(57)59-5)35-41(38-61-37-40-23-12-7-13-24-40)54(50(53)49(45)63-42)47(55)30-18-19-31-60-36-39-21-10-6-11-22-39/h6-17,21-24,26-29,33-34,41,50H,18-20,25,30-32,35-38H2,1-5H3/b46-34+/t41-,50+,53-/m0/s1. The van der Waals surface area contributed by atoms with Gasteiger partial charge in [-0.05, 0) is 63.9 Å². The molecule has 1 fully saturated rings. The van der Waals surface area contributed by atoms with Crippen molar-refractivity contribution in [2.45, 2.75) is 89.6 Å². The molecule has 0 bridgehead atoms. The Hall–Kier alpha value is -5.59. The molecule has 0 saturated carbocycles. The number of carbonyl (C=O) groups is 3. The van der Waals surface area contributed by atoms with Crippen LogP contribution in [0.5, 0.6) is 0 Å². The number of benzene rings is 4. The van der Waals surface area contributed by atoms with E-state index in [0.29, 0.717) is 74.8 Å². The van der Waals surface area contributed by atoms with E-state index in [9.17, 15) is 14.4 Å². The predicted octanol–water partition coefficient (Wildman–Crippen LogP) is 8.76. The summed E-state index contributed by atoms with van der Waals surface area (Å²) < 4.78 is 36.9. The highest BCUT2D eigenvalue weighted by atomic mass is 28.4. The quantitative estimate of drug-likeness (QED) is 0.0328. The van der Waals surface area contributed by atoms with Crippen molar-refractivity contribution in [3.8, 4) is 0 Å². The molecule has 1 aliphatic heterocycles. The number of esters is 2. The third-order valence-electron chi connectivity index (χ3n) is 12.6. The molecule has 2 heterocycles. The fourth-order valence-corrected chi connectivity index (χ4v) is 14.3. The maximum Gasteiger partial charge on any atom is 0.330 e. The topological polar surface area (TPSA) is 114 Å². The molecule has 3 atom stereocenters. The number of hydrogen-bond acceptors (Lipinski definition) is 9. The van der Waals surface area contributed by atoms with Crippen molar-refractivity contribution in [1.29, 1.82) is 0 Å². The first-order valence-electron chi connectivity index (χ1n) is 22.3. The predicted molar refractivity (Wildman–Crippen MR) is 249 cm³/mol. The molecule has 1 aliphatic carbocycles. The summed E-state index contributed by atoms with van der Waals surface area (Å²) in [5.74, 6) is -0.208. The second-order valence-corrected chi connectivity index (χ2v) is 22.0. The molecule has 1 amide bonds. The molecule has 0 N–H and O–H groups in total.